The molecule has 0 fully saturated rings. The van der Waals surface area contributed by atoms with Crippen LogP contribution in [0.1, 0.15) is 6.92 Å². The highest BCUT2D eigenvalue weighted by Gasteiger charge is 2.07. The lowest BCUT2D eigenvalue weighted by molar-refractivity contribution is 1.27. The van der Waals surface area contributed by atoms with Crippen molar-refractivity contribution in [2.75, 3.05) is 0 Å². The molecular weight excluding hydrogens is 132 g/mol. The van der Waals surface area contributed by atoms with Gasteiger partial charge in [-0.25, -0.2) is 0 Å². The Balaban J connectivity index is 3.02. The molecule has 0 aromatic rings. The van der Waals surface area contributed by atoms with Crippen LogP contribution in [0.4, 0.5) is 0 Å². The van der Waals surface area contributed by atoms with Crippen LogP contribution in [-0.4, -0.2) is 3.79 Å². The fourth-order valence-electron chi connectivity index (χ4n) is 0. The predicted molar refractivity (Wildman–Crippen MR) is 26.0 cm³/mol. The smallest absolute Gasteiger partial charge is 0.0840 e. The predicted octanol–water partition coefficient (Wildman–Crippen LogP) is 2.38. The van der Waals surface area contributed by atoms with E-state index in [1.54, 1.807) is 0 Å². The van der Waals surface area contributed by atoms with Crippen molar-refractivity contribution in [2.45, 2.75) is 10.7 Å². The van der Waals surface area contributed by atoms with Crippen LogP contribution in [-0.2, 0) is 0 Å². The summed E-state index contributed by atoms with van der Waals surface area (Å²) in [5.74, 6) is 0. The Kier molecular flexibility index (Phi) is 1.81. The Morgan fingerprint density at radius 3 is 1.60 bits per heavy atom. The number of rotatable bonds is 0. The zero-order valence-corrected chi connectivity index (χ0v) is 4.90. The van der Waals surface area contributed by atoms with E-state index in [-0.39, 0.29) is 0 Å². The van der Waals surface area contributed by atoms with Crippen LogP contribution in [0, 0.1) is 0 Å². The van der Waals surface area contributed by atoms with Crippen LogP contribution in [0.5, 0.6) is 0 Å². The van der Waals surface area contributed by atoms with Gasteiger partial charge in [0, 0.05) is 0 Å². The van der Waals surface area contributed by atoms with Crippen LogP contribution < -0.4 is 0 Å². The Hall–Kier alpha value is 0.870. The molecule has 0 aromatic heterocycles. The molecule has 0 unspecified atom stereocenters. The number of hydrogen-bond acceptors (Lipinski definition) is 0. The van der Waals surface area contributed by atoms with E-state index >= 15 is 0 Å². The second kappa shape index (κ2) is 1.55. The summed E-state index contributed by atoms with van der Waals surface area (Å²) in [5.41, 5.74) is 0. The summed E-state index contributed by atoms with van der Waals surface area (Å²) in [4.78, 5) is 0. The van der Waals surface area contributed by atoms with Gasteiger partial charge in [-0.05, 0) is 6.92 Å². The lowest BCUT2D eigenvalue weighted by Crippen LogP contribution is -1.87. The van der Waals surface area contributed by atoms with Gasteiger partial charge < -0.3 is 0 Å². The molecule has 0 rings (SSSR count). The lowest BCUT2D eigenvalue weighted by atomic mass is 10.9. The van der Waals surface area contributed by atoms with E-state index in [4.69, 9.17) is 34.8 Å². The maximum Gasteiger partial charge on any atom is 0.187 e. The Labute approximate surface area is 46.0 Å². The van der Waals surface area contributed by atoms with Crippen LogP contribution in [0.2, 0.25) is 0 Å². The first-order valence-electron chi connectivity index (χ1n) is 1.07. The molecule has 0 N–H and O–H groups in total. The Morgan fingerprint density at radius 2 is 1.60 bits per heavy atom. The quantitative estimate of drug-likeness (QED) is 0.447. The van der Waals surface area contributed by atoms with Gasteiger partial charge in [0.2, 0.25) is 0 Å². The summed E-state index contributed by atoms with van der Waals surface area (Å²) in [6.07, 6.45) is 0. The minimum Gasteiger partial charge on any atom is -0.0840 e. The fraction of sp³-hybridized carbons (Fsp3) is 1.00. The minimum absolute atomic E-state index is 1.08. The molecule has 0 aliphatic carbocycles. The molecule has 0 saturated heterocycles. The van der Waals surface area contributed by atoms with E-state index < -0.39 is 3.79 Å². The van der Waals surface area contributed by atoms with E-state index in [0.717, 1.165) is 0 Å². The van der Waals surface area contributed by atoms with Crippen LogP contribution in [0.25, 0.3) is 0 Å². The summed E-state index contributed by atoms with van der Waals surface area (Å²) in [7, 11) is 0. The summed E-state index contributed by atoms with van der Waals surface area (Å²) < 4.78 is -1.08. The van der Waals surface area contributed by atoms with Gasteiger partial charge in [0.25, 0.3) is 0 Å². The van der Waals surface area contributed by atoms with Crippen molar-refractivity contribution < 1.29 is 0 Å². The molecule has 0 aliphatic heterocycles. The molecule has 0 nitrogen and oxygen atoms in total. The highest BCUT2D eigenvalue weighted by atomic mass is 37.0. The molecular formula is C2H3Cl3. The minimum atomic E-state index is -1.08. The van der Waals surface area contributed by atoms with Gasteiger partial charge >= 0.3 is 0 Å². The standard InChI is InChI=1S/C2H3Cl3/c1-2(3,4)5/h1H3/i3+2. The highest BCUT2D eigenvalue weighted by Crippen LogP contribution is 2.23. The second-order valence-corrected chi connectivity index (χ2v) is 3.63. The zero-order chi connectivity index (χ0) is 4.50. The molecule has 0 atom stereocenters. The van der Waals surface area contributed by atoms with Crippen molar-refractivity contribution in [1.82, 2.24) is 0 Å². The van der Waals surface area contributed by atoms with E-state index in [2.05, 4.69) is 0 Å². The van der Waals surface area contributed by atoms with Gasteiger partial charge in [0.1, 0.15) is 0 Å². The first-order valence-corrected chi connectivity index (χ1v) is 2.20. The van der Waals surface area contributed by atoms with Crippen molar-refractivity contribution >= 4 is 34.8 Å². The summed E-state index contributed by atoms with van der Waals surface area (Å²) in [6, 6.07) is 0. The van der Waals surface area contributed by atoms with Gasteiger partial charge in [0.15, 0.2) is 3.79 Å². The SMILES string of the molecule is CC(Cl)(Cl)[37Cl]. The molecule has 0 saturated carbocycles. The highest BCUT2D eigenvalue weighted by molar-refractivity contribution is 6.67. The molecule has 0 amide bonds. The molecule has 0 bridgehead atoms. The van der Waals surface area contributed by atoms with E-state index in [0.29, 0.717) is 0 Å². The van der Waals surface area contributed by atoms with Crippen molar-refractivity contribution in [2.24, 2.45) is 0 Å². The lowest BCUT2D eigenvalue weighted by Gasteiger charge is -1.94. The third kappa shape index (κ3) is 53.0. The van der Waals surface area contributed by atoms with Gasteiger partial charge in [-0.1, -0.05) is 34.8 Å². The monoisotopic (exact) mass is 134 g/mol. The van der Waals surface area contributed by atoms with Crippen LogP contribution in [0.3, 0.4) is 0 Å². The molecule has 0 spiro atoms. The van der Waals surface area contributed by atoms with E-state index in [1.807, 2.05) is 0 Å². The Morgan fingerprint density at radius 1 is 1.60 bits per heavy atom. The zero-order valence-electron chi connectivity index (χ0n) is 2.63. The largest absolute Gasteiger partial charge is 0.187 e. The molecule has 0 heterocycles. The van der Waals surface area contributed by atoms with Gasteiger partial charge in [-0.3, -0.25) is 0 Å². The summed E-state index contributed by atoms with van der Waals surface area (Å²) in [5, 5.41) is 0. The average molecular weight is 135 g/mol. The third-order valence-corrected chi connectivity index (χ3v) is 0. The maximum absolute atomic E-state index is 5.06. The number of alkyl halides is 3. The molecule has 32 valence electrons. The van der Waals surface area contributed by atoms with Crippen molar-refractivity contribution in [1.29, 1.82) is 0 Å². The van der Waals surface area contributed by atoms with Crippen molar-refractivity contribution in [3.05, 3.63) is 0 Å². The van der Waals surface area contributed by atoms with Crippen molar-refractivity contribution in [3.8, 4) is 0 Å². The fourth-order valence-corrected chi connectivity index (χ4v) is 0. The molecule has 0 aliphatic rings. The van der Waals surface area contributed by atoms with Gasteiger partial charge in [-0.15, -0.1) is 0 Å². The molecule has 0 radical (unpaired) electrons. The third-order valence-electron chi connectivity index (χ3n) is 0. The molecule has 3 heteroatoms. The normalized spacial score (nSPS) is 12.0. The first-order chi connectivity index (χ1) is 2.00. The van der Waals surface area contributed by atoms with Gasteiger partial charge in [-0.2, -0.15) is 0 Å². The van der Waals surface area contributed by atoms with Crippen LogP contribution >= 0.6 is 34.8 Å². The van der Waals surface area contributed by atoms with E-state index in [1.165, 1.54) is 6.92 Å². The topological polar surface area (TPSA) is 0 Å². The van der Waals surface area contributed by atoms with E-state index in [9.17, 15) is 0 Å². The van der Waals surface area contributed by atoms with Crippen molar-refractivity contribution in [3.63, 3.8) is 0 Å². The molecule has 0 aromatic carbocycles. The number of halogens is 3. The number of hydrogen-bond donors (Lipinski definition) is 0. The molecule has 5 heavy (non-hydrogen) atoms. The van der Waals surface area contributed by atoms with Crippen LogP contribution in [0.15, 0.2) is 0 Å². The summed E-state index contributed by atoms with van der Waals surface area (Å²) in [6.45, 7) is 1.48. The second-order valence-electron chi connectivity index (χ2n) is 0.781. The average Bonchev–Trinajstić information content (AvgIpc) is 0.722. The first kappa shape index (κ1) is 5.87. The van der Waals surface area contributed by atoms with Gasteiger partial charge in [0.05, 0.1) is 0 Å². The Bertz CT molecular complexity index is 20.4. The maximum atomic E-state index is 5.06. The summed E-state index contributed by atoms with van der Waals surface area (Å²) >= 11 is 15.2.